The molecule has 1 fully saturated rings. The molecule has 1 aromatic carbocycles. The Bertz CT molecular complexity index is 721. The van der Waals surface area contributed by atoms with Gasteiger partial charge in [-0.1, -0.05) is 18.2 Å². The number of ether oxygens (including phenoxy) is 1. The molecule has 6 heteroatoms. The summed E-state index contributed by atoms with van der Waals surface area (Å²) in [7, 11) is 1.71. The molecule has 1 aliphatic heterocycles. The van der Waals surface area contributed by atoms with Crippen LogP contribution in [0.4, 0.5) is 5.69 Å². The molecule has 2 aromatic rings. The van der Waals surface area contributed by atoms with Crippen molar-refractivity contribution in [3.8, 4) is 0 Å². The number of nitrogens with one attached hydrogen (secondary N) is 1. The molecule has 132 valence electrons. The highest BCUT2D eigenvalue weighted by molar-refractivity contribution is 6.04. The zero-order valence-electron chi connectivity index (χ0n) is 14.7. The van der Waals surface area contributed by atoms with Crippen molar-refractivity contribution in [2.24, 2.45) is 0 Å². The van der Waals surface area contributed by atoms with E-state index in [2.05, 4.69) is 20.2 Å². The molecule has 0 saturated carbocycles. The third-order valence-electron chi connectivity index (χ3n) is 4.52. The summed E-state index contributed by atoms with van der Waals surface area (Å²) in [6.45, 7) is 4.47. The largest absolute Gasteiger partial charge is 0.383 e. The van der Waals surface area contributed by atoms with Gasteiger partial charge < -0.3 is 10.1 Å². The van der Waals surface area contributed by atoms with Gasteiger partial charge in [0, 0.05) is 25.5 Å². The normalized spacial score (nSPS) is 17.6. The van der Waals surface area contributed by atoms with Crippen LogP contribution in [0.1, 0.15) is 40.8 Å². The smallest absolute Gasteiger partial charge is 0.259 e. The lowest BCUT2D eigenvalue weighted by Gasteiger charge is -2.23. The third-order valence-corrected chi connectivity index (χ3v) is 4.52. The van der Waals surface area contributed by atoms with Crippen LogP contribution in [0.25, 0.3) is 0 Å². The van der Waals surface area contributed by atoms with E-state index in [1.54, 1.807) is 13.3 Å². The van der Waals surface area contributed by atoms with Gasteiger partial charge in [-0.25, -0.2) is 9.97 Å². The maximum absolute atomic E-state index is 12.5. The molecule has 6 nitrogen and oxygen atoms in total. The predicted octanol–water partition coefficient (Wildman–Crippen LogP) is 2.82. The molecule has 1 N–H and O–H groups in total. The van der Waals surface area contributed by atoms with Crippen LogP contribution >= 0.6 is 0 Å². The van der Waals surface area contributed by atoms with E-state index in [1.165, 1.54) is 0 Å². The maximum atomic E-state index is 12.5. The zero-order valence-corrected chi connectivity index (χ0v) is 14.7. The summed E-state index contributed by atoms with van der Waals surface area (Å²) < 4.78 is 5.18. The average Bonchev–Trinajstić information content (AvgIpc) is 3.09. The lowest BCUT2D eigenvalue weighted by molar-refractivity contribution is 0.102. The first kappa shape index (κ1) is 17.5. The molecule has 0 aliphatic carbocycles. The Morgan fingerprint density at radius 3 is 2.88 bits per heavy atom. The third kappa shape index (κ3) is 4.21. The fourth-order valence-corrected chi connectivity index (χ4v) is 3.18. The number of para-hydroxylation sites is 1. The van der Waals surface area contributed by atoms with Crippen LogP contribution in [-0.4, -0.2) is 47.6 Å². The summed E-state index contributed by atoms with van der Waals surface area (Å²) in [5, 5.41) is 2.88. The summed E-state index contributed by atoms with van der Waals surface area (Å²) in [5.41, 5.74) is 1.98. The van der Waals surface area contributed by atoms with Gasteiger partial charge >= 0.3 is 0 Å². The first-order valence-corrected chi connectivity index (χ1v) is 8.62. The maximum Gasteiger partial charge on any atom is 0.259 e. The summed E-state index contributed by atoms with van der Waals surface area (Å²) in [6.07, 6.45) is 3.81. The van der Waals surface area contributed by atoms with Crippen LogP contribution in [0, 0.1) is 6.92 Å². The fraction of sp³-hybridized carbons (Fsp3) is 0.421. The number of methoxy groups -OCH3 is 1. The van der Waals surface area contributed by atoms with E-state index in [0.717, 1.165) is 37.4 Å². The number of carbonyl (C=O) groups is 1. The van der Waals surface area contributed by atoms with Gasteiger partial charge in [0.15, 0.2) is 0 Å². The monoisotopic (exact) mass is 340 g/mol. The van der Waals surface area contributed by atoms with E-state index in [1.807, 2.05) is 37.3 Å². The number of likely N-dealkylation sites (tertiary alicyclic amines) is 1. The Kier molecular flexibility index (Phi) is 5.73. The van der Waals surface area contributed by atoms with Crippen LogP contribution in [0.15, 0.2) is 36.5 Å². The minimum Gasteiger partial charge on any atom is -0.383 e. The second-order valence-electron chi connectivity index (χ2n) is 6.23. The van der Waals surface area contributed by atoms with Gasteiger partial charge in [-0.05, 0) is 38.4 Å². The minimum absolute atomic E-state index is 0.182. The number of aryl methyl sites for hydroxylation is 1. The molecule has 1 atom stereocenters. The molecule has 3 rings (SSSR count). The van der Waals surface area contributed by atoms with E-state index >= 15 is 0 Å². The van der Waals surface area contributed by atoms with Gasteiger partial charge in [-0.2, -0.15) is 0 Å². The lowest BCUT2D eigenvalue weighted by atomic mass is 10.1. The Labute approximate surface area is 148 Å². The van der Waals surface area contributed by atoms with Crippen LogP contribution in [0.2, 0.25) is 0 Å². The Balaban J connectivity index is 1.73. The topological polar surface area (TPSA) is 67.3 Å². The van der Waals surface area contributed by atoms with E-state index in [4.69, 9.17) is 4.74 Å². The number of aromatic nitrogens is 2. The van der Waals surface area contributed by atoms with Crippen molar-refractivity contribution < 1.29 is 9.53 Å². The number of benzene rings is 1. The van der Waals surface area contributed by atoms with E-state index in [9.17, 15) is 4.79 Å². The van der Waals surface area contributed by atoms with Crippen molar-refractivity contribution in [3.63, 3.8) is 0 Å². The predicted molar refractivity (Wildman–Crippen MR) is 96.6 cm³/mol. The Morgan fingerprint density at radius 1 is 1.36 bits per heavy atom. The number of hydrogen-bond acceptors (Lipinski definition) is 5. The van der Waals surface area contributed by atoms with Crippen molar-refractivity contribution in [2.75, 3.05) is 32.1 Å². The summed E-state index contributed by atoms with van der Waals surface area (Å²) in [6, 6.07) is 9.60. The van der Waals surface area contributed by atoms with Crippen LogP contribution < -0.4 is 5.32 Å². The van der Waals surface area contributed by atoms with Crippen molar-refractivity contribution >= 4 is 11.6 Å². The molecule has 1 amide bonds. The number of carbonyl (C=O) groups excluding carboxylic acids is 1. The van der Waals surface area contributed by atoms with Crippen molar-refractivity contribution in [1.29, 1.82) is 0 Å². The Morgan fingerprint density at radius 2 is 2.16 bits per heavy atom. The van der Waals surface area contributed by atoms with Crippen molar-refractivity contribution in [2.45, 2.75) is 25.8 Å². The fourth-order valence-electron chi connectivity index (χ4n) is 3.18. The van der Waals surface area contributed by atoms with Gasteiger partial charge in [-0.15, -0.1) is 0 Å². The molecule has 1 saturated heterocycles. The highest BCUT2D eigenvalue weighted by atomic mass is 16.5. The molecule has 0 spiro atoms. The lowest BCUT2D eigenvalue weighted by Crippen LogP contribution is -2.28. The molecule has 0 radical (unpaired) electrons. The first-order valence-electron chi connectivity index (χ1n) is 8.62. The average molecular weight is 340 g/mol. The summed E-state index contributed by atoms with van der Waals surface area (Å²) >= 11 is 0. The van der Waals surface area contributed by atoms with Crippen molar-refractivity contribution in [1.82, 2.24) is 14.9 Å². The van der Waals surface area contributed by atoms with Gasteiger partial charge in [0.2, 0.25) is 0 Å². The first-order chi connectivity index (χ1) is 12.2. The second kappa shape index (κ2) is 8.18. The zero-order chi connectivity index (χ0) is 17.6. The molecule has 1 aliphatic rings. The van der Waals surface area contributed by atoms with E-state index in [0.29, 0.717) is 17.9 Å². The van der Waals surface area contributed by atoms with Crippen LogP contribution in [0.5, 0.6) is 0 Å². The van der Waals surface area contributed by atoms with Crippen molar-refractivity contribution in [3.05, 3.63) is 53.6 Å². The molecule has 0 bridgehead atoms. The highest BCUT2D eigenvalue weighted by Crippen LogP contribution is 2.29. The Hall–Kier alpha value is -2.31. The number of rotatable bonds is 6. The van der Waals surface area contributed by atoms with Gasteiger partial charge in [0.05, 0.1) is 23.9 Å². The van der Waals surface area contributed by atoms with Crippen LogP contribution in [0.3, 0.4) is 0 Å². The molecule has 2 heterocycles. The molecule has 25 heavy (non-hydrogen) atoms. The highest BCUT2D eigenvalue weighted by Gasteiger charge is 2.28. The molecule has 1 unspecified atom stereocenters. The minimum atomic E-state index is -0.182. The molecular formula is C19H24N4O2. The number of nitrogens with zero attached hydrogens (tertiary/aromatic N) is 3. The number of hydrogen-bond donors (Lipinski definition) is 1. The number of anilines is 1. The quantitative estimate of drug-likeness (QED) is 0.876. The van der Waals surface area contributed by atoms with Gasteiger partial charge in [0.1, 0.15) is 5.82 Å². The van der Waals surface area contributed by atoms with Crippen LogP contribution in [-0.2, 0) is 4.74 Å². The number of amides is 1. The second-order valence-corrected chi connectivity index (χ2v) is 6.23. The summed E-state index contributed by atoms with van der Waals surface area (Å²) in [4.78, 5) is 23.9. The standard InChI is InChI=1S/C19H24N4O2/c1-14-16(19(24)22-15-7-4-3-5-8-15)13-20-18(21-14)17-9-6-10-23(17)11-12-25-2/h3-5,7-8,13,17H,6,9-12H2,1-2H3,(H,22,24). The van der Waals surface area contributed by atoms with E-state index in [-0.39, 0.29) is 11.9 Å². The summed E-state index contributed by atoms with van der Waals surface area (Å²) in [5.74, 6) is 0.611. The van der Waals surface area contributed by atoms with Gasteiger partial charge in [-0.3, -0.25) is 9.69 Å². The molecule has 1 aromatic heterocycles. The van der Waals surface area contributed by atoms with Gasteiger partial charge in [0.25, 0.3) is 5.91 Å². The van der Waals surface area contributed by atoms with E-state index < -0.39 is 0 Å². The SMILES string of the molecule is COCCN1CCCC1c1ncc(C(=O)Nc2ccccc2)c(C)n1. The molecular weight excluding hydrogens is 316 g/mol.